The summed E-state index contributed by atoms with van der Waals surface area (Å²) in [6.07, 6.45) is 0.804. The van der Waals surface area contributed by atoms with E-state index in [1.54, 1.807) is 37.6 Å². The van der Waals surface area contributed by atoms with E-state index in [1.807, 2.05) is 44.2 Å². The maximum Gasteiger partial charge on any atom is 0.347 e. The van der Waals surface area contributed by atoms with Crippen molar-refractivity contribution in [3.63, 3.8) is 0 Å². The van der Waals surface area contributed by atoms with Gasteiger partial charge in [0.15, 0.2) is 10.5 Å². The van der Waals surface area contributed by atoms with E-state index in [9.17, 15) is 10.0 Å². The zero-order chi connectivity index (χ0) is 21.0. The largest absolute Gasteiger partial charge is 0.496 e. The highest BCUT2D eigenvalue weighted by Crippen LogP contribution is 2.42. The number of hydroxylamine groups is 2. The number of nitrogens with zero attached hydrogens (tertiary/aromatic N) is 3. The third-order valence-electron chi connectivity index (χ3n) is 4.32. The van der Waals surface area contributed by atoms with Crippen molar-refractivity contribution in [3.05, 3.63) is 60.2 Å². The molecule has 29 heavy (non-hydrogen) atoms. The molecule has 3 rings (SSSR count). The number of ether oxygens (including phenoxy) is 1. The number of thiocarbonyl (C=S) groups is 1. The van der Waals surface area contributed by atoms with Crippen molar-refractivity contribution in [1.29, 1.82) is 0 Å². The molecule has 9 heteroatoms. The van der Waals surface area contributed by atoms with Crippen molar-refractivity contribution in [2.75, 3.05) is 12.4 Å². The molecule has 2 N–H and O–H groups in total. The summed E-state index contributed by atoms with van der Waals surface area (Å²) in [6, 6.07) is 15.7. The number of hydrogen-bond donors (Lipinski definition) is 2. The minimum Gasteiger partial charge on any atom is -0.496 e. The minimum absolute atomic E-state index is 0.456. The Hall–Kier alpha value is -2.62. The van der Waals surface area contributed by atoms with Crippen LogP contribution < -0.4 is 10.1 Å². The highest BCUT2D eigenvalue weighted by atomic mass is 32.2. The molecule has 2 aromatic rings. The van der Waals surface area contributed by atoms with E-state index in [1.165, 1.54) is 16.8 Å². The quantitative estimate of drug-likeness (QED) is 0.317. The van der Waals surface area contributed by atoms with Gasteiger partial charge in [0.2, 0.25) is 0 Å². The monoisotopic (exact) mass is 430 g/mol. The van der Waals surface area contributed by atoms with E-state index in [0.29, 0.717) is 20.8 Å². The third-order valence-corrected chi connectivity index (χ3v) is 5.85. The average molecular weight is 431 g/mol. The molecular weight excluding hydrogens is 408 g/mol. The molecule has 0 aliphatic carbocycles. The van der Waals surface area contributed by atoms with Crippen molar-refractivity contribution in [3.8, 4) is 5.75 Å². The lowest BCUT2D eigenvalue weighted by Gasteiger charge is -2.34. The van der Waals surface area contributed by atoms with E-state index in [4.69, 9.17) is 17.0 Å². The van der Waals surface area contributed by atoms with Gasteiger partial charge in [0, 0.05) is 11.3 Å². The van der Waals surface area contributed by atoms with Crippen LogP contribution in [0.5, 0.6) is 5.75 Å². The highest BCUT2D eigenvalue weighted by Gasteiger charge is 2.50. The van der Waals surface area contributed by atoms with Crippen LogP contribution in [0.1, 0.15) is 19.4 Å². The summed E-state index contributed by atoms with van der Waals surface area (Å²) >= 11 is 6.82. The molecule has 1 aliphatic rings. The van der Waals surface area contributed by atoms with E-state index in [0.717, 1.165) is 5.56 Å². The summed E-state index contributed by atoms with van der Waals surface area (Å²) in [4.78, 5) is 12.6. The first-order chi connectivity index (χ1) is 13.8. The highest BCUT2D eigenvalue weighted by molar-refractivity contribution is 8.24. The Morgan fingerprint density at radius 1 is 1.28 bits per heavy atom. The summed E-state index contributed by atoms with van der Waals surface area (Å²) in [7, 11) is 1.58. The number of hydrogen-bond acceptors (Lipinski definition) is 6. The number of hydrazone groups is 1. The number of benzene rings is 2. The number of anilines is 1. The molecule has 0 aromatic heterocycles. The summed E-state index contributed by atoms with van der Waals surface area (Å²) in [5, 5.41) is 19.9. The van der Waals surface area contributed by atoms with E-state index >= 15 is 0 Å². The predicted molar refractivity (Wildman–Crippen MR) is 120 cm³/mol. The van der Waals surface area contributed by atoms with Crippen molar-refractivity contribution in [2.45, 2.75) is 24.8 Å². The summed E-state index contributed by atoms with van der Waals surface area (Å²) in [6.45, 7) is 3.79. The van der Waals surface area contributed by atoms with Gasteiger partial charge in [-0.3, -0.25) is 5.21 Å². The molecule has 1 atom stereocenters. The second-order valence-electron chi connectivity index (χ2n) is 6.82. The third kappa shape index (κ3) is 4.69. The maximum atomic E-state index is 12.6. The number of carbonyl (C=O) groups is 1. The van der Waals surface area contributed by atoms with Crippen LogP contribution in [-0.2, 0) is 0 Å². The molecule has 2 aromatic carbocycles. The van der Waals surface area contributed by atoms with Gasteiger partial charge in [-0.1, -0.05) is 54.3 Å². The van der Waals surface area contributed by atoms with Crippen LogP contribution in [-0.4, -0.2) is 49.9 Å². The molecule has 152 valence electrons. The van der Waals surface area contributed by atoms with Gasteiger partial charge in [0.05, 0.1) is 18.1 Å². The lowest BCUT2D eigenvalue weighted by Crippen LogP contribution is -2.54. The Labute approximate surface area is 179 Å². The van der Waals surface area contributed by atoms with Gasteiger partial charge in [-0.25, -0.2) is 9.80 Å². The molecular formula is C20H22N4O3S2. The Kier molecular flexibility index (Phi) is 6.41. The molecule has 0 radical (unpaired) electrons. The smallest absolute Gasteiger partial charge is 0.347 e. The van der Waals surface area contributed by atoms with Crippen molar-refractivity contribution in [2.24, 2.45) is 5.10 Å². The molecule has 0 saturated carbocycles. The fourth-order valence-electron chi connectivity index (χ4n) is 2.94. The van der Waals surface area contributed by atoms with E-state index in [2.05, 4.69) is 10.4 Å². The summed E-state index contributed by atoms with van der Waals surface area (Å²) in [5.74, 6) is 0.660. The normalized spacial score (nSPS) is 18.1. The van der Waals surface area contributed by atoms with Crippen LogP contribution in [0.3, 0.4) is 0 Å². The number of methoxy groups -OCH3 is 1. The summed E-state index contributed by atoms with van der Waals surface area (Å²) < 4.78 is 5.21. The molecule has 0 spiro atoms. The molecule has 1 aliphatic heterocycles. The van der Waals surface area contributed by atoms with Gasteiger partial charge < -0.3 is 10.1 Å². The zero-order valence-electron chi connectivity index (χ0n) is 16.3. The van der Waals surface area contributed by atoms with Gasteiger partial charge in [0.25, 0.3) is 0 Å². The predicted octanol–water partition coefficient (Wildman–Crippen LogP) is 4.39. The van der Waals surface area contributed by atoms with Gasteiger partial charge in [0.1, 0.15) is 5.75 Å². The number of nitrogens with one attached hydrogen (secondary N) is 1. The van der Waals surface area contributed by atoms with Crippen molar-refractivity contribution < 1.29 is 14.7 Å². The Morgan fingerprint density at radius 2 is 1.93 bits per heavy atom. The molecule has 1 fully saturated rings. The number of para-hydroxylation sites is 2. The first-order valence-corrected chi connectivity index (χ1v) is 10.1. The Bertz CT molecular complexity index is 921. The lowest BCUT2D eigenvalue weighted by atomic mass is 10.1. The van der Waals surface area contributed by atoms with Crippen LogP contribution in [0.15, 0.2) is 59.7 Å². The number of thioether (sulfide) groups is 1. The van der Waals surface area contributed by atoms with Gasteiger partial charge in [-0.05, 0) is 38.1 Å². The second kappa shape index (κ2) is 8.81. The van der Waals surface area contributed by atoms with Gasteiger partial charge in [-0.2, -0.15) is 10.2 Å². The number of rotatable bonds is 5. The topological polar surface area (TPSA) is 77.4 Å². The van der Waals surface area contributed by atoms with Crippen LogP contribution in [0.2, 0.25) is 0 Å². The van der Waals surface area contributed by atoms with Crippen LogP contribution in [0.25, 0.3) is 0 Å². The maximum absolute atomic E-state index is 12.6. The Balaban J connectivity index is 1.84. The molecule has 0 unspecified atom stereocenters. The van der Waals surface area contributed by atoms with Crippen LogP contribution in [0.4, 0.5) is 10.5 Å². The number of amides is 2. The molecule has 0 bridgehead atoms. The van der Waals surface area contributed by atoms with Gasteiger partial charge >= 0.3 is 6.03 Å². The minimum atomic E-state index is -0.797. The van der Waals surface area contributed by atoms with Crippen LogP contribution >= 0.6 is 24.0 Å². The average Bonchev–Trinajstić information content (AvgIpc) is 2.94. The second-order valence-corrected chi connectivity index (χ2v) is 9.11. The standard InChI is InChI=1S/C20H22N4O3S2/c1-20(2)17(24(26)18(25)22-15-10-5-4-6-11-15)23(19(28)29-20)21-13-14-9-7-8-12-16(14)27-3/h4-13,17,26H,1-3H3,(H,22,25)/b21-13-/t17-/m0/s1. The SMILES string of the molecule is COc1ccccc1/C=N\N1C(=S)SC(C)(C)[C@@H]1N(O)C(=O)Nc1ccccc1. The van der Waals surface area contributed by atoms with E-state index in [-0.39, 0.29) is 0 Å². The van der Waals surface area contributed by atoms with E-state index < -0.39 is 16.9 Å². The van der Waals surface area contributed by atoms with Crippen molar-refractivity contribution >= 4 is 46.2 Å². The molecule has 1 heterocycles. The van der Waals surface area contributed by atoms with Crippen molar-refractivity contribution in [1.82, 2.24) is 10.1 Å². The number of urea groups is 1. The first-order valence-electron chi connectivity index (χ1n) is 8.87. The van der Waals surface area contributed by atoms with Gasteiger partial charge in [-0.15, -0.1) is 0 Å². The summed E-state index contributed by atoms with van der Waals surface area (Å²) in [5.41, 5.74) is 1.33. The number of carbonyl (C=O) groups excluding carboxylic acids is 1. The molecule has 7 nitrogen and oxygen atoms in total. The first kappa shape index (κ1) is 21.1. The zero-order valence-corrected chi connectivity index (χ0v) is 17.9. The fraction of sp³-hybridized carbons (Fsp3) is 0.250. The lowest BCUT2D eigenvalue weighted by molar-refractivity contribution is -0.114. The van der Waals surface area contributed by atoms with Crippen LogP contribution in [0, 0.1) is 0 Å². The molecule has 1 saturated heterocycles. The Morgan fingerprint density at radius 3 is 2.62 bits per heavy atom. The fourth-order valence-corrected chi connectivity index (χ4v) is 4.72. The molecule has 2 amide bonds.